The number of ether oxygens (including phenoxy) is 1. The van der Waals surface area contributed by atoms with Crippen LogP contribution in [-0.2, 0) is 17.7 Å². The minimum Gasteiger partial charge on any atom is -0.506 e. The number of morpholine rings is 1. The Morgan fingerprint density at radius 2 is 1.86 bits per heavy atom. The molecule has 2 aliphatic rings. The van der Waals surface area contributed by atoms with Crippen molar-refractivity contribution in [1.82, 2.24) is 19.7 Å². The molecule has 1 amide bonds. The summed E-state index contributed by atoms with van der Waals surface area (Å²) in [4.78, 5) is 30.4. The number of carbonyl (C=O) groups is 1. The second-order valence-electron chi connectivity index (χ2n) is 11.5. The van der Waals surface area contributed by atoms with E-state index in [1.54, 1.807) is 6.07 Å². The van der Waals surface area contributed by atoms with Gasteiger partial charge in [0.2, 0.25) is 0 Å². The Balaban J connectivity index is 1.18. The molecule has 4 N–H and O–H groups in total. The highest BCUT2D eigenvalue weighted by Crippen LogP contribution is 2.33. The third kappa shape index (κ3) is 7.88. The number of phenols is 1. The highest BCUT2D eigenvalue weighted by molar-refractivity contribution is 7.16. The lowest BCUT2D eigenvalue weighted by molar-refractivity contribution is -0.183. The van der Waals surface area contributed by atoms with E-state index < -0.39 is 41.2 Å². The van der Waals surface area contributed by atoms with Crippen molar-refractivity contribution in [1.29, 1.82) is 0 Å². The quantitative estimate of drug-likeness (QED) is 0.259. The molecule has 2 aromatic carbocycles. The van der Waals surface area contributed by atoms with Crippen molar-refractivity contribution < 1.29 is 42.4 Å². The standard InChI is InChI=1S/C29H34F4N4O6S/c30-20-12-18(3-6-37(27(41)42)15-23(39)21-1-2-22(38)24-25(21)44-26(40)34-24)11-19(13-20)14-35-7-4-28(5-8-35)16-36(9-10-43-28)17-29(31,32)33/h1-2,11-13,23,38-39H,3-10,14-17H2,(H,34,40)(H,41,42)/t23-/m0/s1. The number of likely N-dealkylation sites (tertiary alicyclic amines) is 1. The summed E-state index contributed by atoms with van der Waals surface area (Å²) in [6.45, 7) is 1.01. The third-order valence-corrected chi connectivity index (χ3v) is 9.13. The summed E-state index contributed by atoms with van der Waals surface area (Å²) in [7, 11) is 0. The van der Waals surface area contributed by atoms with Gasteiger partial charge in [0.05, 0.1) is 36.1 Å². The lowest BCUT2D eigenvalue weighted by Crippen LogP contribution is -2.57. The first-order valence-electron chi connectivity index (χ1n) is 14.2. The Bertz CT molecular complexity index is 1540. The molecular formula is C29H34F4N4O6S. The number of nitrogens with one attached hydrogen (secondary N) is 1. The number of aliphatic hydroxyl groups excluding tert-OH is 1. The van der Waals surface area contributed by atoms with Crippen LogP contribution in [0, 0.1) is 5.82 Å². The smallest absolute Gasteiger partial charge is 0.407 e. The van der Waals surface area contributed by atoms with Gasteiger partial charge in [-0.15, -0.1) is 0 Å². The second kappa shape index (κ2) is 13.0. The molecule has 2 saturated heterocycles. The Morgan fingerprint density at radius 1 is 1.14 bits per heavy atom. The fourth-order valence-corrected chi connectivity index (χ4v) is 7.00. The lowest BCUT2D eigenvalue weighted by atomic mass is 9.89. The number of aromatic amines is 1. The highest BCUT2D eigenvalue weighted by atomic mass is 32.1. The number of alkyl halides is 3. The molecule has 3 heterocycles. The molecule has 0 saturated carbocycles. The largest absolute Gasteiger partial charge is 0.506 e. The van der Waals surface area contributed by atoms with Crippen molar-refractivity contribution in [2.75, 3.05) is 52.4 Å². The number of thiazole rings is 1. The van der Waals surface area contributed by atoms with Crippen LogP contribution in [0.2, 0.25) is 0 Å². The molecule has 240 valence electrons. The van der Waals surface area contributed by atoms with Gasteiger partial charge in [-0.3, -0.25) is 14.6 Å². The zero-order chi connectivity index (χ0) is 31.6. The number of hydrogen-bond donors (Lipinski definition) is 4. The van der Waals surface area contributed by atoms with E-state index in [2.05, 4.69) is 9.88 Å². The maximum absolute atomic E-state index is 14.6. The number of H-pyrrole nitrogens is 1. The van der Waals surface area contributed by atoms with Crippen LogP contribution in [0.15, 0.2) is 35.1 Å². The maximum atomic E-state index is 14.6. The van der Waals surface area contributed by atoms with Gasteiger partial charge in [-0.25, -0.2) is 9.18 Å². The van der Waals surface area contributed by atoms with Crippen LogP contribution in [0.25, 0.3) is 10.2 Å². The SMILES string of the molecule is O=C(O)N(CCc1cc(F)cc(CN2CCC3(CC2)CN(CC(F)(F)F)CCO3)c1)C[C@H](O)c1ccc(O)c2[nH]c(=O)sc12. The van der Waals surface area contributed by atoms with E-state index in [0.29, 0.717) is 53.9 Å². The monoisotopic (exact) mass is 642 g/mol. The molecule has 0 bridgehead atoms. The number of carboxylic acid groups (broad SMARTS) is 1. The molecule has 44 heavy (non-hydrogen) atoms. The average molecular weight is 643 g/mol. The summed E-state index contributed by atoms with van der Waals surface area (Å²) in [5.74, 6) is -0.634. The minimum atomic E-state index is -4.26. The van der Waals surface area contributed by atoms with Gasteiger partial charge in [0, 0.05) is 44.8 Å². The fraction of sp³-hybridized carbons (Fsp3) is 0.517. The lowest BCUT2D eigenvalue weighted by Gasteiger charge is -2.47. The van der Waals surface area contributed by atoms with E-state index in [1.807, 2.05) is 0 Å². The number of hydrogen-bond acceptors (Lipinski definition) is 8. The number of aromatic nitrogens is 1. The molecule has 0 aliphatic carbocycles. The first-order valence-corrected chi connectivity index (χ1v) is 15.1. The first kappa shape index (κ1) is 32.2. The predicted octanol–water partition coefficient (Wildman–Crippen LogP) is 3.92. The van der Waals surface area contributed by atoms with E-state index in [4.69, 9.17) is 4.74 Å². The van der Waals surface area contributed by atoms with Crippen molar-refractivity contribution in [3.8, 4) is 5.75 Å². The predicted molar refractivity (Wildman–Crippen MR) is 154 cm³/mol. The molecule has 2 fully saturated rings. The normalized spacial score (nSPS) is 18.6. The Kier molecular flexibility index (Phi) is 9.51. The molecule has 10 nitrogen and oxygen atoms in total. The molecule has 15 heteroatoms. The third-order valence-electron chi connectivity index (χ3n) is 8.20. The number of benzene rings is 2. The molecule has 5 rings (SSSR count). The van der Waals surface area contributed by atoms with Crippen LogP contribution in [0.3, 0.4) is 0 Å². The van der Waals surface area contributed by atoms with E-state index in [0.717, 1.165) is 16.2 Å². The van der Waals surface area contributed by atoms with E-state index >= 15 is 0 Å². The molecular weight excluding hydrogens is 608 g/mol. The average Bonchev–Trinajstić information content (AvgIpc) is 3.33. The molecule has 0 unspecified atom stereocenters. The van der Waals surface area contributed by atoms with Crippen molar-refractivity contribution in [3.63, 3.8) is 0 Å². The molecule has 1 atom stereocenters. The Morgan fingerprint density at radius 3 is 2.57 bits per heavy atom. The minimum absolute atomic E-state index is 0.0299. The van der Waals surface area contributed by atoms with Crippen LogP contribution in [0.1, 0.15) is 35.6 Å². The van der Waals surface area contributed by atoms with Gasteiger partial charge in [-0.05, 0) is 48.6 Å². The molecule has 1 spiro atoms. The number of halogens is 4. The zero-order valence-corrected chi connectivity index (χ0v) is 24.6. The van der Waals surface area contributed by atoms with E-state index in [-0.39, 0.29) is 50.5 Å². The molecule has 3 aromatic rings. The number of aromatic hydroxyl groups is 1. The zero-order valence-electron chi connectivity index (χ0n) is 23.8. The van der Waals surface area contributed by atoms with Crippen LogP contribution in [0.5, 0.6) is 5.75 Å². The number of piperidine rings is 1. The van der Waals surface area contributed by atoms with Crippen LogP contribution < -0.4 is 4.87 Å². The molecule has 0 radical (unpaired) electrons. The summed E-state index contributed by atoms with van der Waals surface area (Å²) in [5, 5.41) is 30.6. The van der Waals surface area contributed by atoms with Gasteiger partial charge in [0.1, 0.15) is 17.1 Å². The summed E-state index contributed by atoms with van der Waals surface area (Å²) in [6.07, 6.45) is -5.52. The van der Waals surface area contributed by atoms with E-state index in [1.165, 1.54) is 29.2 Å². The van der Waals surface area contributed by atoms with Crippen LogP contribution >= 0.6 is 11.3 Å². The number of nitrogens with zero attached hydrogens (tertiary/aromatic N) is 3. The first-order chi connectivity index (χ1) is 20.8. The topological polar surface area (TPSA) is 130 Å². The number of amides is 1. The van der Waals surface area contributed by atoms with Gasteiger partial charge in [-0.1, -0.05) is 23.5 Å². The summed E-state index contributed by atoms with van der Waals surface area (Å²) >= 11 is 0.800. The Hall–Kier alpha value is -3.24. The van der Waals surface area contributed by atoms with Gasteiger partial charge in [-0.2, -0.15) is 13.2 Å². The number of fused-ring (bicyclic) bond motifs is 1. The van der Waals surface area contributed by atoms with Crippen LogP contribution in [-0.4, -0.2) is 105 Å². The van der Waals surface area contributed by atoms with E-state index in [9.17, 15) is 42.5 Å². The van der Waals surface area contributed by atoms with Crippen molar-refractivity contribution in [2.45, 2.75) is 43.7 Å². The maximum Gasteiger partial charge on any atom is 0.407 e. The van der Waals surface area contributed by atoms with Crippen molar-refractivity contribution >= 4 is 27.6 Å². The van der Waals surface area contributed by atoms with Gasteiger partial charge >= 0.3 is 17.1 Å². The Labute approximate surface area is 254 Å². The van der Waals surface area contributed by atoms with Gasteiger partial charge in [0.25, 0.3) is 0 Å². The van der Waals surface area contributed by atoms with Gasteiger partial charge < -0.3 is 29.9 Å². The van der Waals surface area contributed by atoms with Crippen molar-refractivity contribution in [3.05, 3.63) is 62.5 Å². The molecule has 2 aliphatic heterocycles. The second-order valence-corrected chi connectivity index (χ2v) is 12.5. The highest BCUT2D eigenvalue weighted by Gasteiger charge is 2.42. The van der Waals surface area contributed by atoms with Crippen LogP contribution in [0.4, 0.5) is 22.4 Å². The summed E-state index contributed by atoms with van der Waals surface area (Å²) in [6, 6.07) is 7.29. The number of aliphatic hydroxyl groups is 1. The number of rotatable bonds is 9. The molecule has 1 aromatic heterocycles. The van der Waals surface area contributed by atoms with Crippen molar-refractivity contribution in [2.24, 2.45) is 0 Å². The fourth-order valence-electron chi connectivity index (χ4n) is 6.08. The van der Waals surface area contributed by atoms with Gasteiger partial charge in [0.15, 0.2) is 0 Å². The number of phenolic OH excluding ortho intramolecular Hbond substituents is 1. The summed E-state index contributed by atoms with van der Waals surface area (Å²) < 4.78 is 59.6. The summed E-state index contributed by atoms with van der Waals surface area (Å²) in [5.41, 5.74) is 1.11.